The molecule has 7 nitrogen and oxygen atoms in total. The number of nitrogens with zero attached hydrogens (tertiary/aromatic N) is 1. The number of rotatable bonds is 5. The number of amides is 2. The number of benzene rings is 1. The molecule has 25 heavy (non-hydrogen) atoms. The molecule has 2 fully saturated rings. The summed E-state index contributed by atoms with van der Waals surface area (Å²) < 4.78 is 16.1. The summed E-state index contributed by atoms with van der Waals surface area (Å²) in [5.74, 6) is 1.75. The molecule has 0 aromatic heterocycles. The fourth-order valence-corrected chi connectivity index (χ4v) is 3.17. The van der Waals surface area contributed by atoms with Gasteiger partial charge in [0.05, 0.1) is 5.92 Å². The van der Waals surface area contributed by atoms with E-state index in [0.29, 0.717) is 36.4 Å². The summed E-state index contributed by atoms with van der Waals surface area (Å²) in [7, 11) is 0. The number of hydrogen-bond donors (Lipinski definition) is 1. The van der Waals surface area contributed by atoms with Crippen molar-refractivity contribution in [3.05, 3.63) is 18.2 Å². The lowest BCUT2D eigenvalue weighted by Crippen LogP contribution is -2.47. The highest BCUT2D eigenvalue weighted by Crippen LogP contribution is 2.35. The maximum absolute atomic E-state index is 12.4. The number of piperidine rings is 1. The van der Waals surface area contributed by atoms with Crippen molar-refractivity contribution >= 4 is 11.8 Å². The number of carbonyl (C=O) groups excluding carboxylic acids is 2. The molecule has 134 valence electrons. The summed E-state index contributed by atoms with van der Waals surface area (Å²) in [6.45, 7) is 1.31. The molecule has 7 heteroatoms. The Morgan fingerprint density at radius 2 is 2.04 bits per heavy atom. The standard InChI is InChI=1S/C18H22N2O5/c21-17(10-23-14-5-6-15-16(8-14)25-11-24-15)20-7-1-2-12(9-20)18(22)19-13-3-4-13/h5-6,8,12-13H,1-4,7,9-11H2,(H,19,22)/t12-/m0/s1. The van der Waals surface area contributed by atoms with Crippen molar-refractivity contribution in [1.29, 1.82) is 0 Å². The van der Waals surface area contributed by atoms with Crippen LogP contribution in [0, 0.1) is 5.92 Å². The Bertz CT molecular complexity index is 673. The first-order chi connectivity index (χ1) is 12.2. The van der Waals surface area contributed by atoms with Crippen LogP contribution in [0.1, 0.15) is 25.7 Å². The van der Waals surface area contributed by atoms with E-state index in [4.69, 9.17) is 14.2 Å². The summed E-state index contributed by atoms with van der Waals surface area (Å²) in [5, 5.41) is 3.03. The van der Waals surface area contributed by atoms with Gasteiger partial charge in [-0.3, -0.25) is 9.59 Å². The van der Waals surface area contributed by atoms with E-state index in [0.717, 1.165) is 25.7 Å². The van der Waals surface area contributed by atoms with Crippen molar-refractivity contribution in [2.45, 2.75) is 31.7 Å². The topological polar surface area (TPSA) is 77.1 Å². The van der Waals surface area contributed by atoms with Crippen LogP contribution in [0.3, 0.4) is 0 Å². The van der Waals surface area contributed by atoms with E-state index in [-0.39, 0.29) is 31.1 Å². The van der Waals surface area contributed by atoms with Gasteiger partial charge in [-0.25, -0.2) is 0 Å². The lowest BCUT2D eigenvalue weighted by molar-refractivity contribution is -0.137. The van der Waals surface area contributed by atoms with E-state index in [1.54, 1.807) is 23.1 Å². The lowest BCUT2D eigenvalue weighted by atomic mass is 9.97. The zero-order valence-corrected chi connectivity index (χ0v) is 14.0. The van der Waals surface area contributed by atoms with Crippen LogP contribution >= 0.6 is 0 Å². The zero-order valence-electron chi connectivity index (χ0n) is 14.0. The van der Waals surface area contributed by atoms with Gasteiger partial charge >= 0.3 is 0 Å². The average Bonchev–Trinajstić information content (AvgIpc) is 3.33. The van der Waals surface area contributed by atoms with Crippen molar-refractivity contribution in [3.8, 4) is 17.2 Å². The predicted molar refractivity (Wildman–Crippen MR) is 88.5 cm³/mol. The monoisotopic (exact) mass is 346 g/mol. The zero-order chi connectivity index (χ0) is 17.2. The van der Waals surface area contributed by atoms with Gasteiger partial charge in [-0.05, 0) is 37.8 Å². The van der Waals surface area contributed by atoms with Gasteiger partial charge in [0, 0.05) is 25.2 Å². The van der Waals surface area contributed by atoms with Gasteiger partial charge in [-0.2, -0.15) is 0 Å². The Morgan fingerprint density at radius 1 is 1.20 bits per heavy atom. The van der Waals surface area contributed by atoms with Gasteiger partial charge in [-0.1, -0.05) is 0 Å². The first kappa shape index (κ1) is 16.1. The van der Waals surface area contributed by atoms with Crippen molar-refractivity contribution in [2.24, 2.45) is 5.92 Å². The molecule has 2 aliphatic heterocycles. The van der Waals surface area contributed by atoms with Crippen molar-refractivity contribution < 1.29 is 23.8 Å². The summed E-state index contributed by atoms with van der Waals surface area (Å²) in [6, 6.07) is 5.59. The Morgan fingerprint density at radius 3 is 2.88 bits per heavy atom. The molecule has 0 unspecified atom stereocenters. The van der Waals surface area contributed by atoms with Gasteiger partial charge < -0.3 is 24.4 Å². The van der Waals surface area contributed by atoms with E-state index >= 15 is 0 Å². The summed E-state index contributed by atoms with van der Waals surface area (Å²) in [4.78, 5) is 26.3. The number of fused-ring (bicyclic) bond motifs is 1. The summed E-state index contributed by atoms with van der Waals surface area (Å²) in [6.07, 6.45) is 3.83. The molecule has 0 bridgehead atoms. The Hall–Kier alpha value is -2.44. The molecule has 0 radical (unpaired) electrons. The van der Waals surface area contributed by atoms with Crippen LogP contribution in [0.5, 0.6) is 17.2 Å². The third-order valence-electron chi connectivity index (χ3n) is 4.77. The smallest absolute Gasteiger partial charge is 0.260 e. The van der Waals surface area contributed by atoms with Crippen molar-refractivity contribution in [2.75, 3.05) is 26.5 Å². The van der Waals surface area contributed by atoms with Crippen LogP contribution in [0.25, 0.3) is 0 Å². The molecular weight excluding hydrogens is 324 g/mol. The maximum atomic E-state index is 12.4. The highest BCUT2D eigenvalue weighted by Gasteiger charge is 2.32. The number of ether oxygens (including phenoxy) is 3. The third kappa shape index (κ3) is 3.81. The van der Waals surface area contributed by atoms with E-state index in [1.807, 2.05) is 0 Å². The Labute approximate surface area is 146 Å². The van der Waals surface area contributed by atoms with Crippen LogP contribution in [0.4, 0.5) is 0 Å². The highest BCUT2D eigenvalue weighted by atomic mass is 16.7. The molecular formula is C18H22N2O5. The van der Waals surface area contributed by atoms with Crippen molar-refractivity contribution in [3.63, 3.8) is 0 Å². The second kappa shape index (κ2) is 6.82. The average molecular weight is 346 g/mol. The van der Waals surface area contributed by atoms with Gasteiger partial charge in [0.25, 0.3) is 5.91 Å². The van der Waals surface area contributed by atoms with Crippen LogP contribution in [-0.2, 0) is 9.59 Å². The maximum Gasteiger partial charge on any atom is 0.260 e. The van der Waals surface area contributed by atoms with Gasteiger partial charge in [0.2, 0.25) is 12.7 Å². The number of carbonyl (C=O) groups is 2. The van der Waals surface area contributed by atoms with Gasteiger partial charge in [-0.15, -0.1) is 0 Å². The fourth-order valence-electron chi connectivity index (χ4n) is 3.17. The summed E-state index contributed by atoms with van der Waals surface area (Å²) in [5.41, 5.74) is 0. The fraction of sp³-hybridized carbons (Fsp3) is 0.556. The van der Waals surface area contributed by atoms with Gasteiger partial charge in [0.15, 0.2) is 18.1 Å². The molecule has 1 atom stereocenters. The predicted octanol–water partition coefficient (Wildman–Crippen LogP) is 1.31. The van der Waals surface area contributed by atoms with Crippen LogP contribution in [-0.4, -0.2) is 49.2 Å². The molecule has 1 aromatic rings. The third-order valence-corrected chi connectivity index (χ3v) is 4.77. The molecule has 1 N–H and O–H groups in total. The first-order valence-corrected chi connectivity index (χ1v) is 8.79. The molecule has 2 heterocycles. The minimum absolute atomic E-state index is 0.0450. The second-order valence-corrected chi connectivity index (χ2v) is 6.77. The second-order valence-electron chi connectivity index (χ2n) is 6.77. The van der Waals surface area contributed by atoms with E-state index < -0.39 is 0 Å². The largest absolute Gasteiger partial charge is 0.484 e. The van der Waals surface area contributed by atoms with Crippen LogP contribution in [0.15, 0.2) is 18.2 Å². The first-order valence-electron chi connectivity index (χ1n) is 8.79. The summed E-state index contributed by atoms with van der Waals surface area (Å²) >= 11 is 0. The molecule has 1 saturated heterocycles. The van der Waals surface area contributed by atoms with E-state index in [9.17, 15) is 9.59 Å². The minimum Gasteiger partial charge on any atom is -0.484 e. The van der Waals surface area contributed by atoms with Crippen LogP contribution < -0.4 is 19.5 Å². The quantitative estimate of drug-likeness (QED) is 0.870. The van der Waals surface area contributed by atoms with Gasteiger partial charge in [0.1, 0.15) is 5.75 Å². The molecule has 3 aliphatic rings. The molecule has 1 aliphatic carbocycles. The lowest BCUT2D eigenvalue weighted by Gasteiger charge is -2.32. The number of hydrogen-bond acceptors (Lipinski definition) is 5. The Balaban J connectivity index is 1.29. The molecule has 4 rings (SSSR count). The SMILES string of the molecule is O=C(NC1CC1)[C@H]1CCCN(C(=O)COc2ccc3c(c2)OCO3)C1. The number of likely N-dealkylation sites (tertiary alicyclic amines) is 1. The molecule has 0 spiro atoms. The molecule has 1 aromatic carbocycles. The van der Waals surface area contributed by atoms with Crippen molar-refractivity contribution in [1.82, 2.24) is 10.2 Å². The Kier molecular flexibility index (Phi) is 4.38. The van der Waals surface area contributed by atoms with E-state index in [1.165, 1.54) is 0 Å². The highest BCUT2D eigenvalue weighted by molar-refractivity contribution is 5.82. The molecule has 1 saturated carbocycles. The number of nitrogens with one attached hydrogen (secondary N) is 1. The minimum atomic E-state index is -0.108. The molecule has 2 amide bonds. The van der Waals surface area contributed by atoms with E-state index in [2.05, 4.69) is 5.32 Å². The van der Waals surface area contributed by atoms with Crippen LogP contribution in [0.2, 0.25) is 0 Å². The normalized spacial score (nSPS) is 21.8.